The molecule has 0 spiro atoms. The molecule has 0 aliphatic rings. The summed E-state index contributed by atoms with van der Waals surface area (Å²) in [6.45, 7) is 0. The molecule has 0 atom stereocenters. The summed E-state index contributed by atoms with van der Waals surface area (Å²) in [4.78, 5) is 0. The van der Waals surface area contributed by atoms with E-state index >= 15 is 0 Å². The maximum Gasteiger partial charge on any atom is 0.131 e. The van der Waals surface area contributed by atoms with E-state index in [1.54, 1.807) is 6.07 Å². The Hall–Kier alpha value is -1.18. The Balaban J connectivity index is 2.26. The van der Waals surface area contributed by atoms with Crippen LogP contribution in [0.2, 0.25) is 5.02 Å². The number of hydrogen-bond donors (Lipinski definition) is 0. The van der Waals surface area contributed by atoms with E-state index in [0.29, 0.717) is 16.7 Å². The highest BCUT2D eigenvalue weighted by Gasteiger charge is 2.03. The van der Waals surface area contributed by atoms with Crippen molar-refractivity contribution in [1.82, 2.24) is 0 Å². The van der Waals surface area contributed by atoms with Crippen molar-refractivity contribution in [2.45, 2.75) is 5.88 Å². The summed E-state index contributed by atoms with van der Waals surface area (Å²) in [5.41, 5.74) is 0.962. The molecule has 2 rings (SSSR count). The van der Waals surface area contributed by atoms with Gasteiger partial charge in [0.05, 0.1) is 5.88 Å². The highest BCUT2D eigenvalue weighted by atomic mass is 35.5. The van der Waals surface area contributed by atoms with E-state index in [9.17, 15) is 0 Å². The van der Waals surface area contributed by atoms with Crippen molar-refractivity contribution < 1.29 is 4.74 Å². The summed E-state index contributed by atoms with van der Waals surface area (Å²) in [7, 11) is 0. The van der Waals surface area contributed by atoms with Gasteiger partial charge in [-0.2, -0.15) is 0 Å². The van der Waals surface area contributed by atoms with Gasteiger partial charge in [0, 0.05) is 10.6 Å². The van der Waals surface area contributed by atoms with Crippen LogP contribution in [0.5, 0.6) is 11.5 Å². The van der Waals surface area contributed by atoms with Crippen molar-refractivity contribution in [3.05, 3.63) is 59.1 Å². The van der Waals surface area contributed by atoms with Crippen LogP contribution < -0.4 is 4.74 Å². The molecule has 0 saturated carbocycles. The van der Waals surface area contributed by atoms with Crippen LogP contribution in [0.15, 0.2) is 48.5 Å². The molecule has 0 N–H and O–H groups in total. The Bertz CT molecular complexity index is 483. The van der Waals surface area contributed by atoms with Crippen LogP contribution in [0.1, 0.15) is 5.56 Å². The van der Waals surface area contributed by atoms with E-state index in [2.05, 4.69) is 0 Å². The number of para-hydroxylation sites is 1. The minimum atomic E-state index is 0.427. The molecule has 0 heterocycles. The molecule has 1 nitrogen and oxygen atoms in total. The molecular weight excluding hydrogens is 243 g/mol. The third-order valence-corrected chi connectivity index (χ3v) is 2.66. The molecule has 0 amide bonds. The molecule has 82 valence electrons. The zero-order valence-electron chi connectivity index (χ0n) is 8.49. The lowest BCUT2D eigenvalue weighted by atomic mass is 10.2. The van der Waals surface area contributed by atoms with Gasteiger partial charge in [-0.3, -0.25) is 0 Å². The maximum absolute atomic E-state index is 5.88. The van der Waals surface area contributed by atoms with Gasteiger partial charge in [0.1, 0.15) is 11.5 Å². The van der Waals surface area contributed by atoms with Crippen molar-refractivity contribution in [3.63, 3.8) is 0 Å². The molecule has 0 bridgehead atoms. The zero-order valence-corrected chi connectivity index (χ0v) is 10.0. The van der Waals surface area contributed by atoms with Crippen LogP contribution in [-0.2, 0) is 5.88 Å². The standard InChI is InChI=1S/C13H10Cl2O/c14-9-10-4-1-2-7-13(10)16-12-6-3-5-11(15)8-12/h1-8H,9H2. The smallest absolute Gasteiger partial charge is 0.131 e. The second-order valence-electron chi connectivity index (χ2n) is 3.30. The van der Waals surface area contributed by atoms with Crippen molar-refractivity contribution in [1.29, 1.82) is 0 Å². The lowest BCUT2D eigenvalue weighted by Crippen LogP contribution is -1.88. The van der Waals surface area contributed by atoms with E-state index in [1.807, 2.05) is 42.5 Å². The first-order valence-electron chi connectivity index (χ1n) is 4.87. The Morgan fingerprint density at radius 1 is 1.00 bits per heavy atom. The highest BCUT2D eigenvalue weighted by Crippen LogP contribution is 2.27. The average Bonchev–Trinajstić information content (AvgIpc) is 2.30. The molecule has 0 radical (unpaired) electrons. The summed E-state index contributed by atoms with van der Waals surface area (Å²) in [5, 5.41) is 0.654. The first kappa shape index (κ1) is 11.3. The molecule has 16 heavy (non-hydrogen) atoms. The van der Waals surface area contributed by atoms with Gasteiger partial charge in [-0.1, -0.05) is 35.9 Å². The van der Waals surface area contributed by atoms with Crippen LogP contribution in [0.4, 0.5) is 0 Å². The average molecular weight is 253 g/mol. The molecule has 0 aliphatic carbocycles. The minimum absolute atomic E-state index is 0.427. The quantitative estimate of drug-likeness (QED) is 0.709. The van der Waals surface area contributed by atoms with E-state index < -0.39 is 0 Å². The Kier molecular flexibility index (Phi) is 3.70. The van der Waals surface area contributed by atoms with Crippen molar-refractivity contribution >= 4 is 23.2 Å². The molecule has 0 aromatic heterocycles. The molecule has 3 heteroatoms. The normalized spacial score (nSPS) is 10.1. The second-order valence-corrected chi connectivity index (χ2v) is 4.00. The monoisotopic (exact) mass is 252 g/mol. The fourth-order valence-corrected chi connectivity index (χ4v) is 1.77. The third-order valence-electron chi connectivity index (χ3n) is 2.14. The van der Waals surface area contributed by atoms with Crippen LogP contribution >= 0.6 is 23.2 Å². The second kappa shape index (κ2) is 5.24. The lowest BCUT2D eigenvalue weighted by Gasteiger charge is -2.09. The Morgan fingerprint density at radius 2 is 1.81 bits per heavy atom. The lowest BCUT2D eigenvalue weighted by molar-refractivity contribution is 0.478. The van der Waals surface area contributed by atoms with Crippen LogP contribution in [-0.4, -0.2) is 0 Å². The molecule has 0 aliphatic heterocycles. The van der Waals surface area contributed by atoms with Crippen LogP contribution in [0, 0.1) is 0 Å². The van der Waals surface area contributed by atoms with Gasteiger partial charge in [0.25, 0.3) is 0 Å². The number of hydrogen-bond acceptors (Lipinski definition) is 1. The van der Waals surface area contributed by atoms with Gasteiger partial charge >= 0.3 is 0 Å². The van der Waals surface area contributed by atoms with Gasteiger partial charge in [0.2, 0.25) is 0 Å². The fourth-order valence-electron chi connectivity index (χ4n) is 1.37. The summed E-state index contributed by atoms with van der Waals surface area (Å²) in [6.07, 6.45) is 0. The van der Waals surface area contributed by atoms with E-state index in [-0.39, 0.29) is 0 Å². The summed E-state index contributed by atoms with van der Waals surface area (Å²) >= 11 is 11.7. The van der Waals surface area contributed by atoms with Gasteiger partial charge in [-0.15, -0.1) is 11.6 Å². The van der Waals surface area contributed by atoms with Gasteiger partial charge in [-0.05, 0) is 24.3 Å². The fraction of sp³-hybridized carbons (Fsp3) is 0.0769. The summed E-state index contributed by atoms with van der Waals surface area (Å²) in [6, 6.07) is 15.0. The molecule has 2 aromatic carbocycles. The number of ether oxygens (including phenoxy) is 1. The molecule has 0 fully saturated rings. The van der Waals surface area contributed by atoms with Crippen LogP contribution in [0.25, 0.3) is 0 Å². The zero-order chi connectivity index (χ0) is 11.4. The molecule has 0 saturated heterocycles. The Labute approximate surface area is 105 Å². The Morgan fingerprint density at radius 3 is 2.56 bits per heavy atom. The highest BCUT2D eigenvalue weighted by molar-refractivity contribution is 6.30. The van der Waals surface area contributed by atoms with Gasteiger partial charge in [0.15, 0.2) is 0 Å². The molecule has 2 aromatic rings. The van der Waals surface area contributed by atoms with Crippen molar-refractivity contribution in [3.8, 4) is 11.5 Å². The van der Waals surface area contributed by atoms with E-state index in [0.717, 1.165) is 11.3 Å². The van der Waals surface area contributed by atoms with Crippen LogP contribution in [0.3, 0.4) is 0 Å². The van der Waals surface area contributed by atoms with Gasteiger partial charge < -0.3 is 4.74 Å². The van der Waals surface area contributed by atoms with Crippen molar-refractivity contribution in [2.24, 2.45) is 0 Å². The third kappa shape index (κ3) is 2.69. The first-order valence-corrected chi connectivity index (χ1v) is 5.78. The van der Waals surface area contributed by atoms with Gasteiger partial charge in [-0.25, -0.2) is 0 Å². The number of halogens is 2. The minimum Gasteiger partial charge on any atom is -0.457 e. The number of rotatable bonds is 3. The summed E-state index contributed by atoms with van der Waals surface area (Å²) < 4.78 is 5.71. The number of alkyl halides is 1. The summed E-state index contributed by atoms with van der Waals surface area (Å²) in [5.74, 6) is 1.90. The SMILES string of the molecule is ClCc1ccccc1Oc1cccc(Cl)c1. The maximum atomic E-state index is 5.88. The first-order chi connectivity index (χ1) is 7.79. The number of benzene rings is 2. The van der Waals surface area contributed by atoms with E-state index in [4.69, 9.17) is 27.9 Å². The predicted octanol–water partition coefficient (Wildman–Crippen LogP) is 4.87. The van der Waals surface area contributed by atoms with E-state index in [1.165, 1.54) is 0 Å². The molecular formula is C13H10Cl2O. The molecule has 0 unspecified atom stereocenters. The largest absolute Gasteiger partial charge is 0.457 e. The topological polar surface area (TPSA) is 9.23 Å². The van der Waals surface area contributed by atoms with Crippen molar-refractivity contribution in [2.75, 3.05) is 0 Å². The predicted molar refractivity (Wildman–Crippen MR) is 67.5 cm³/mol.